The molecule has 9 rings (SSSR count). The van der Waals surface area contributed by atoms with Gasteiger partial charge in [-0.05, 0) is 143 Å². The zero-order valence-corrected chi connectivity index (χ0v) is 76.7. The zero-order valence-electron chi connectivity index (χ0n) is 71.8. The van der Waals surface area contributed by atoms with Gasteiger partial charge in [0.2, 0.25) is 17.3 Å². The monoisotopic (exact) mass is 2050 g/mol. The Bertz CT molecular complexity index is 5240. The Hall–Kier alpha value is -11.1. The van der Waals surface area contributed by atoms with E-state index >= 15 is 0 Å². The summed E-state index contributed by atoms with van der Waals surface area (Å²) in [6, 6.07) is 96.5. The normalized spacial score (nSPS) is 13.5. The molecule has 0 N–H and O–H groups in total. The lowest BCUT2D eigenvalue weighted by Crippen LogP contribution is -2.58. The number of halogens is 19. The molecule has 0 aliphatic rings. The van der Waals surface area contributed by atoms with Gasteiger partial charge in [-0.2, -0.15) is 83.4 Å². The third-order valence-electron chi connectivity index (χ3n) is 17.3. The van der Waals surface area contributed by atoms with Crippen molar-refractivity contribution in [2.45, 2.75) is 175 Å². The molecule has 136 heavy (non-hydrogen) atoms. The maximum Gasteiger partial charge on any atom is 0.463 e. The molecule has 0 aliphatic carbocycles. The van der Waals surface area contributed by atoms with Gasteiger partial charge in [0.1, 0.15) is 6.61 Å². The van der Waals surface area contributed by atoms with E-state index < -0.39 is 191 Å². The third-order valence-corrected chi connectivity index (χ3v) is 26.7. The van der Waals surface area contributed by atoms with Crippen molar-refractivity contribution >= 4 is 98.3 Å². The quantitative estimate of drug-likeness (QED) is 0.00514. The maximum atomic E-state index is 13.3. The highest BCUT2D eigenvalue weighted by atomic mass is 32.2. The fourth-order valence-electron chi connectivity index (χ4n) is 10.4. The average molecular weight is 2050 g/mol. The van der Waals surface area contributed by atoms with Crippen LogP contribution in [0.5, 0.6) is 0 Å². The summed E-state index contributed by atoms with van der Waals surface area (Å²) in [7, 11) is -20.0. The highest BCUT2D eigenvalue weighted by Gasteiger charge is 2.69. The van der Waals surface area contributed by atoms with Crippen molar-refractivity contribution in [2.24, 2.45) is 0 Å². The predicted octanol–water partition coefficient (Wildman–Crippen LogP) is 20.5. The van der Waals surface area contributed by atoms with E-state index in [-0.39, 0.29) is 46.5 Å². The summed E-state index contributed by atoms with van der Waals surface area (Å²) in [4.78, 5) is 80.2. The van der Waals surface area contributed by atoms with Crippen molar-refractivity contribution in [3.05, 3.63) is 309 Å². The maximum absolute atomic E-state index is 13.3. The number of unbranched alkanes of at least 4 members (excludes halogenated alkanes) is 1. The Kier molecular flexibility index (Phi) is 42.9. The number of esters is 3. The number of carbonyl (C=O) groups excluding carboxylic acids is 6. The summed E-state index contributed by atoms with van der Waals surface area (Å²) in [5.74, 6) is -35.3. The van der Waals surface area contributed by atoms with E-state index in [1.165, 1.54) is 44.1 Å². The molecule has 0 saturated heterocycles. The van der Waals surface area contributed by atoms with Gasteiger partial charge in [-0.3, -0.25) is 14.4 Å². The van der Waals surface area contributed by atoms with E-state index in [0.717, 1.165) is 20.8 Å². The number of Topliss-reactive ketones (excluding diaryl/α,β-unsaturated/α-hetero) is 3. The largest absolute Gasteiger partial charge is 0.743 e. The smallest absolute Gasteiger partial charge is 0.463 e. The highest BCUT2D eigenvalue weighted by molar-refractivity contribution is 7.97. The Morgan fingerprint density at radius 1 is 0.279 bits per heavy atom. The molecule has 0 spiro atoms. The Labute approximate surface area is 777 Å². The number of carbonyl (C=O) groups is 6. The van der Waals surface area contributed by atoms with Crippen molar-refractivity contribution in [1.82, 2.24) is 0 Å². The topological polar surface area (TPSA) is 329 Å². The van der Waals surface area contributed by atoms with Crippen LogP contribution >= 0.6 is 0 Å². The van der Waals surface area contributed by atoms with Crippen molar-refractivity contribution in [1.29, 1.82) is 0 Å². The summed E-state index contributed by atoms with van der Waals surface area (Å²) in [6.07, 6.45) is -23.4. The van der Waals surface area contributed by atoms with Crippen molar-refractivity contribution < 1.29 is 180 Å². The number of hydrogen-bond donors (Lipinski definition) is 0. The Morgan fingerprint density at radius 2 is 0.463 bits per heavy atom. The number of benzene rings is 9. The van der Waals surface area contributed by atoms with Crippen LogP contribution in [-0.2, 0) is 120 Å². The summed E-state index contributed by atoms with van der Waals surface area (Å²) < 4.78 is 364. The Morgan fingerprint density at radius 3 is 0.632 bits per heavy atom. The summed E-state index contributed by atoms with van der Waals surface area (Å²) in [5.41, 5.74) is -1.81. The first-order valence-electron chi connectivity index (χ1n) is 38.5. The van der Waals surface area contributed by atoms with E-state index in [1.807, 2.05) is 0 Å². The fraction of sp³-hybridized carbons (Fsp3) is 0.267. The molecule has 46 heteroatoms. The second-order valence-electron chi connectivity index (χ2n) is 27.9. The molecule has 3 atom stereocenters. The van der Waals surface area contributed by atoms with Gasteiger partial charge in [0.25, 0.3) is 0 Å². The predicted molar refractivity (Wildman–Crippen MR) is 456 cm³/mol. The van der Waals surface area contributed by atoms with Crippen LogP contribution in [0.2, 0.25) is 0 Å². The van der Waals surface area contributed by atoms with Crippen molar-refractivity contribution in [3.8, 4) is 0 Å². The molecule has 3 unspecified atom stereocenters. The molecule has 9 aromatic carbocycles. The molecule has 0 heterocycles. The van der Waals surface area contributed by atoms with E-state index in [2.05, 4.69) is 321 Å². The van der Waals surface area contributed by atoms with Gasteiger partial charge in [-0.15, -0.1) is 0 Å². The number of hydrogen-bond acceptors (Lipinski definition) is 21. The minimum atomic E-state index is -6.88. The highest BCUT2D eigenvalue weighted by Crippen LogP contribution is 2.46. The molecule has 0 saturated carbocycles. The molecule has 0 amide bonds. The first kappa shape index (κ1) is 117. The van der Waals surface area contributed by atoms with Crippen LogP contribution in [0.15, 0.2) is 354 Å². The second kappa shape index (κ2) is 49.8. The van der Waals surface area contributed by atoms with Crippen LogP contribution in [0.1, 0.15) is 67.2 Å². The van der Waals surface area contributed by atoms with Crippen molar-refractivity contribution in [3.63, 3.8) is 0 Å². The van der Waals surface area contributed by atoms with Crippen LogP contribution in [-0.4, -0.2) is 157 Å². The third kappa shape index (κ3) is 32.0. The lowest BCUT2D eigenvalue weighted by molar-refractivity contribution is -0.351. The lowest BCUT2D eigenvalue weighted by atomic mass is 10.1. The summed E-state index contributed by atoms with van der Waals surface area (Å²) in [6.45, 7) is 6.50. The van der Waals surface area contributed by atoms with Gasteiger partial charge in [-0.25, -0.2) is 39.6 Å². The molecule has 21 nitrogen and oxygen atoms in total. The van der Waals surface area contributed by atoms with Gasteiger partial charge in [0, 0.05) is 50.3 Å². The standard InChI is InChI=1S/3C18H15S.C14H17F7O7S.C12H13F7O7S.C10H11F5O7S/c3*1-4-10-16(11-5-1)19(17-12-6-2-7-13-17)18-14-8-3-9-15-18;1-8(2)10(23)28-12(9(3)22,13(17,18)19)27-7-5-4-6-11(15,16)14(20,21)29(24,25)26;1-6(2)8(21)26-10(7(3)20,11(15,16)17)25-5-4-9(13,14)12(18,19)27(22,23)24;1-5(2)7(17)22-9(6(3)16,10(13,14)15)21-4-8(11,12)23(18,19)20/h3*1-15H;1,4-7H2,2-3H3,(H,24,25,26);1,4-5H2,2-3H3,(H,22,23,24);1,4H2,2-3H3,(H,18,19,20)/q3*+1;;;/p-3. The minimum absolute atomic E-state index is 0.0146. The van der Waals surface area contributed by atoms with Gasteiger partial charge in [0.15, 0.2) is 74.4 Å². The second-order valence-corrected chi connectivity index (χ2v) is 38.3. The number of rotatable bonds is 36. The van der Waals surface area contributed by atoms with Gasteiger partial charge in [-0.1, -0.05) is 184 Å². The zero-order chi connectivity index (χ0) is 103. The first-order chi connectivity index (χ1) is 62.8. The average Bonchev–Trinajstić information content (AvgIpc) is 0.762. The molecule has 0 bridgehead atoms. The summed E-state index contributed by atoms with van der Waals surface area (Å²) in [5, 5.41) is -17.4. The van der Waals surface area contributed by atoms with Crippen LogP contribution in [0.4, 0.5) is 83.4 Å². The first-order valence-corrected chi connectivity index (χ1v) is 46.4. The van der Waals surface area contributed by atoms with E-state index in [1.54, 1.807) is 0 Å². The van der Waals surface area contributed by atoms with E-state index in [0.29, 0.717) is 6.92 Å². The van der Waals surface area contributed by atoms with E-state index in [4.69, 9.17) is 0 Å². The number of alkyl halides is 19. The fourth-order valence-corrected chi connectivity index (χ4v) is 17.9. The van der Waals surface area contributed by atoms with Gasteiger partial charge < -0.3 is 42.1 Å². The minimum Gasteiger partial charge on any atom is -0.743 e. The molecular formula is C90H83F19O21S6. The van der Waals surface area contributed by atoms with Crippen LogP contribution in [0.3, 0.4) is 0 Å². The Balaban J connectivity index is 0.000000343. The molecule has 0 radical (unpaired) electrons. The number of ketones is 3. The SMILES string of the molecule is C=C(C)C(=O)OC(OCC(F)(F)S(=O)(=O)[O-])(C(C)=O)C(F)(F)F.C=C(C)C(=O)OC(OCCC(F)(F)C(F)(F)S(=O)(=O)[O-])(C(C)=O)C(F)(F)F.C=C(C)C(=O)OC(OCCCCC(F)(F)C(F)(F)S(=O)(=O)[O-])(C(C)=O)C(F)(F)F.c1ccc([S+](c2ccccc2)c2ccccc2)cc1.c1ccc([S+](c2ccccc2)c2ccccc2)cc1.c1ccc([S+](c2ccccc2)c2ccccc2)cc1. The van der Waals surface area contributed by atoms with Crippen LogP contribution < -0.4 is 0 Å². The van der Waals surface area contributed by atoms with Crippen LogP contribution in [0, 0.1) is 0 Å². The molecular weight excluding hydrogens is 1970 g/mol. The molecule has 0 aliphatic heterocycles. The molecule has 0 fully saturated rings. The molecule has 9 aromatic rings. The lowest BCUT2D eigenvalue weighted by Gasteiger charge is -2.33. The summed E-state index contributed by atoms with van der Waals surface area (Å²) >= 11 is 0. The van der Waals surface area contributed by atoms with Gasteiger partial charge >= 0.3 is 81.4 Å². The molecule has 0 aromatic heterocycles. The number of ether oxygens (including phenoxy) is 6. The van der Waals surface area contributed by atoms with Crippen LogP contribution in [0.25, 0.3) is 0 Å². The van der Waals surface area contributed by atoms with Gasteiger partial charge in [0.05, 0.1) is 45.9 Å². The molecule has 738 valence electrons. The van der Waals surface area contributed by atoms with Crippen molar-refractivity contribution in [2.75, 3.05) is 19.8 Å². The van der Waals surface area contributed by atoms with E-state index in [9.17, 15) is 151 Å².